The quantitative estimate of drug-likeness (QED) is 0.769. The molecule has 0 unspecified atom stereocenters. The fraction of sp³-hybridized carbons (Fsp3) is 0.400. The van der Waals surface area contributed by atoms with Gasteiger partial charge in [0.25, 0.3) is 0 Å². The highest BCUT2D eigenvalue weighted by Gasteiger charge is 2.17. The van der Waals surface area contributed by atoms with Gasteiger partial charge in [-0.05, 0) is 24.6 Å². The standard InChI is InChI=1S/C10H16N2O5S2/c1-8-9(12-18(13,14)7-6-17-2)4-3-5-10(8)19(11,15)16/h3-5,12H,6-7H2,1-2H3,(H2,11,15,16). The van der Waals surface area contributed by atoms with Crippen molar-refractivity contribution in [2.75, 3.05) is 24.2 Å². The Balaban J connectivity index is 3.11. The van der Waals surface area contributed by atoms with E-state index in [0.717, 1.165) is 0 Å². The van der Waals surface area contributed by atoms with E-state index in [4.69, 9.17) is 5.14 Å². The van der Waals surface area contributed by atoms with Gasteiger partial charge in [0.1, 0.15) is 0 Å². The Labute approximate surface area is 112 Å². The lowest BCUT2D eigenvalue weighted by atomic mass is 10.2. The van der Waals surface area contributed by atoms with Crippen LogP contribution < -0.4 is 9.86 Å². The summed E-state index contributed by atoms with van der Waals surface area (Å²) in [7, 11) is -6.09. The summed E-state index contributed by atoms with van der Waals surface area (Å²) < 4.78 is 53.0. The Kier molecular flexibility index (Phi) is 4.91. The Morgan fingerprint density at radius 1 is 1.26 bits per heavy atom. The SMILES string of the molecule is COCCS(=O)(=O)Nc1cccc(S(N)(=O)=O)c1C. The topological polar surface area (TPSA) is 116 Å². The normalized spacial score (nSPS) is 12.4. The van der Waals surface area contributed by atoms with Gasteiger partial charge in [0.15, 0.2) is 0 Å². The van der Waals surface area contributed by atoms with E-state index in [0.29, 0.717) is 0 Å². The van der Waals surface area contributed by atoms with E-state index in [1.807, 2.05) is 0 Å². The summed E-state index contributed by atoms with van der Waals surface area (Å²) >= 11 is 0. The predicted molar refractivity (Wildman–Crippen MR) is 71.8 cm³/mol. The van der Waals surface area contributed by atoms with Crippen molar-refractivity contribution in [3.63, 3.8) is 0 Å². The molecular weight excluding hydrogens is 292 g/mol. The number of anilines is 1. The highest BCUT2D eigenvalue weighted by molar-refractivity contribution is 7.92. The zero-order chi connectivity index (χ0) is 14.7. The molecule has 1 aromatic rings. The maximum Gasteiger partial charge on any atom is 0.238 e. The Bertz CT molecular complexity index is 652. The molecule has 1 rings (SSSR count). The van der Waals surface area contributed by atoms with Crippen LogP contribution >= 0.6 is 0 Å². The lowest BCUT2D eigenvalue weighted by Gasteiger charge is -2.12. The molecule has 0 fully saturated rings. The van der Waals surface area contributed by atoms with Gasteiger partial charge in [0, 0.05) is 7.11 Å². The lowest BCUT2D eigenvalue weighted by Crippen LogP contribution is -2.21. The average molecular weight is 308 g/mol. The van der Waals surface area contributed by atoms with E-state index in [1.165, 1.54) is 32.2 Å². The number of methoxy groups -OCH3 is 1. The summed E-state index contributed by atoms with van der Waals surface area (Å²) in [5, 5.41) is 5.05. The number of nitrogens with two attached hydrogens (primary N) is 1. The van der Waals surface area contributed by atoms with Crippen molar-refractivity contribution >= 4 is 25.7 Å². The van der Waals surface area contributed by atoms with Crippen LogP contribution in [0, 0.1) is 6.92 Å². The second kappa shape index (κ2) is 5.87. The van der Waals surface area contributed by atoms with Crippen molar-refractivity contribution in [2.45, 2.75) is 11.8 Å². The van der Waals surface area contributed by atoms with E-state index in [9.17, 15) is 16.8 Å². The number of rotatable bonds is 6. The minimum absolute atomic E-state index is 0.0449. The third-order valence-corrected chi connectivity index (χ3v) is 4.70. The molecule has 0 aliphatic carbocycles. The van der Waals surface area contributed by atoms with Crippen LogP contribution in [-0.2, 0) is 24.8 Å². The van der Waals surface area contributed by atoms with Gasteiger partial charge in [0.05, 0.1) is 22.9 Å². The number of hydrogen-bond donors (Lipinski definition) is 2. The summed E-state index contributed by atoms with van der Waals surface area (Å²) in [4.78, 5) is -0.112. The molecule has 9 heteroatoms. The van der Waals surface area contributed by atoms with Gasteiger partial charge < -0.3 is 4.74 Å². The Morgan fingerprint density at radius 3 is 2.42 bits per heavy atom. The van der Waals surface area contributed by atoms with E-state index in [-0.39, 0.29) is 28.5 Å². The van der Waals surface area contributed by atoms with Gasteiger partial charge in [-0.15, -0.1) is 0 Å². The van der Waals surface area contributed by atoms with Crippen LogP contribution in [0.5, 0.6) is 0 Å². The average Bonchev–Trinajstić information content (AvgIpc) is 2.27. The second-order valence-electron chi connectivity index (χ2n) is 3.89. The highest BCUT2D eigenvalue weighted by atomic mass is 32.2. The first-order valence-electron chi connectivity index (χ1n) is 5.29. The van der Waals surface area contributed by atoms with Crippen molar-refractivity contribution in [1.29, 1.82) is 0 Å². The zero-order valence-electron chi connectivity index (χ0n) is 10.6. The largest absolute Gasteiger partial charge is 0.384 e. The molecule has 0 bridgehead atoms. The maximum absolute atomic E-state index is 11.7. The van der Waals surface area contributed by atoms with Crippen molar-refractivity contribution in [1.82, 2.24) is 0 Å². The second-order valence-corrected chi connectivity index (χ2v) is 7.26. The molecule has 0 amide bonds. The highest BCUT2D eigenvalue weighted by Crippen LogP contribution is 2.22. The van der Waals surface area contributed by atoms with Gasteiger partial charge in [-0.25, -0.2) is 22.0 Å². The third kappa shape index (κ3) is 4.46. The smallest absolute Gasteiger partial charge is 0.238 e. The molecular formula is C10H16N2O5S2. The van der Waals surface area contributed by atoms with Gasteiger partial charge in [-0.1, -0.05) is 6.07 Å². The molecule has 108 valence electrons. The van der Waals surface area contributed by atoms with Crippen LogP contribution in [0.1, 0.15) is 5.56 Å². The molecule has 0 aliphatic heterocycles. The van der Waals surface area contributed by atoms with Gasteiger partial charge >= 0.3 is 0 Å². The van der Waals surface area contributed by atoms with Crippen LogP contribution in [0.2, 0.25) is 0 Å². The van der Waals surface area contributed by atoms with E-state index in [1.54, 1.807) is 0 Å². The summed E-state index contributed by atoms with van der Waals surface area (Å²) in [5.41, 5.74) is 0.439. The first-order chi connectivity index (χ1) is 8.67. The van der Waals surface area contributed by atoms with Crippen LogP contribution in [0.3, 0.4) is 0 Å². The van der Waals surface area contributed by atoms with Crippen molar-refractivity contribution < 1.29 is 21.6 Å². The third-order valence-electron chi connectivity index (χ3n) is 2.41. The Hall–Kier alpha value is -1.16. The Morgan fingerprint density at radius 2 is 1.89 bits per heavy atom. The summed E-state index contributed by atoms with van der Waals surface area (Å²) in [6, 6.07) is 4.20. The molecule has 0 atom stereocenters. The number of ether oxygens (including phenoxy) is 1. The van der Waals surface area contributed by atoms with Crippen molar-refractivity contribution in [3.05, 3.63) is 23.8 Å². The zero-order valence-corrected chi connectivity index (χ0v) is 12.2. The number of benzene rings is 1. The predicted octanol–water partition coefficient (Wildman–Crippen LogP) is 0.0305. The fourth-order valence-corrected chi connectivity index (χ4v) is 3.29. The van der Waals surface area contributed by atoms with Crippen LogP contribution in [0.15, 0.2) is 23.1 Å². The summed E-state index contributed by atoms with van der Waals surface area (Å²) in [6.45, 7) is 1.52. The number of hydrogen-bond acceptors (Lipinski definition) is 5. The van der Waals surface area contributed by atoms with Gasteiger partial charge in [0.2, 0.25) is 20.0 Å². The van der Waals surface area contributed by atoms with E-state index in [2.05, 4.69) is 9.46 Å². The summed E-state index contributed by atoms with van der Waals surface area (Å²) in [6.07, 6.45) is 0. The first-order valence-corrected chi connectivity index (χ1v) is 8.49. The molecule has 3 N–H and O–H groups in total. The monoisotopic (exact) mass is 308 g/mol. The van der Waals surface area contributed by atoms with Gasteiger partial charge in [-0.3, -0.25) is 4.72 Å². The van der Waals surface area contributed by atoms with Crippen LogP contribution in [0.4, 0.5) is 5.69 Å². The molecule has 0 aliphatic rings. The molecule has 7 nitrogen and oxygen atoms in total. The van der Waals surface area contributed by atoms with E-state index >= 15 is 0 Å². The molecule has 1 aromatic carbocycles. The van der Waals surface area contributed by atoms with E-state index < -0.39 is 20.0 Å². The number of sulfonamides is 2. The molecule has 0 aromatic heterocycles. The summed E-state index contributed by atoms with van der Waals surface area (Å²) in [5.74, 6) is -0.220. The minimum Gasteiger partial charge on any atom is -0.384 e. The first kappa shape index (κ1) is 15.9. The van der Waals surface area contributed by atoms with Crippen LogP contribution in [0.25, 0.3) is 0 Å². The fourth-order valence-electron chi connectivity index (χ4n) is 1.44. The lowest BCUT2D eigenvalue weighted by molar-refractivity contribution is 0.217. The molecule has 0 radical (unpaired) electrons. The van der Waals surface area contributed by atoms with Gasteiger partial charge in [-0.2, -0.15) is 0 Å². The molecule has 0 heterocycles. The maximum atomic E-state index is 11.7. The molecule has 0 spiro atoms. The number of nitrogens with one attached hydrogen (secondary N) is 1. The van der Waals surface area contributed by atoms with Crippen LogP contribution in [-0.4, -0.2) is 36.3 Å². The molecule has 0 saturated heterocycles. The number of primary sulfonamides is 1. The van der Waals surface area contributed by atoms with Crippen molar-refractivity contribution in [3.8, 4) is 0 Å². The molecule has 19 heavy (non-hydrogen) atoms. The molecule has 0 saturated carbocycles. The minimum atomic E-state index is -3.89. The van der Waals surface area contributed by atoms with Crippen molar-refractivity contribution in [2.24, 2.45) is 5.14 Å².